The van der Waals surface area contributed by atoms with Crippen molar-refractivity contribution in [2.24, 2.45) is 0 Å². The van der Waals surface area contributed by atoms with Crippen LogP contribution in [0.3, 0.4) is 0 Å². The van der Waals surface area contributed by atoms with Crippen LogP contribution in [0.15, 0.2) is 30.3 Å². The summed E-state index contributed by atoms with van der Waals surface area (Å²) in [6.45, 7) is 0.259. The first-order valence-corrected chi connectivity index (χ1v) is 6.54. The van der Waals surface area contributed by atoms with Gasteiger partial charge in [0.25, 0.3) is 6.47 Å². The summed E-state index contributed by atoms with van der Waals surface area (Å²) in [4.78, 5) is 12.3. The molecule has 1 atom stereocenters. The highest BCUT2D eigenvalue weighted by atomic mass is 19.4. The number of likely N-dealkylation sites (tertiary alicyclic amines) is 1. The van der Waals surface area contributed by atoms with Crippen LogP contribution in [0.5, 0.6) is 0 Å². The molecule has 1 heterocycles. The normalized spacial score (nSPS) is 20.8. The maximum Gasteiger partial charge on any atom is 0.417 e. The number of hydrogen-bond donors (Lipinski definition) is 1. The molecule has 0 saturated carbocycles. The lowest BCUT2D eigenvalue weighted by Gasteiger charge is -2.41. The van der Waals surface area contributed by atoms with E-state index in [9.17, 15) is 23.1 Å². The Morgan fingerprint density at radius 2 is 1.81 bits per heavy atom. The summed E-state index contributed by atoms with van der Waals surface area (Å²) in [5.41, 5.74) is -1.98. The molecule has 1 saturated heterocycles. The molecule has 1 aliphatic rings. The molecule has 1 fully saturated rings. The Morgan fingerprint density at radius 3 is 2.29 bits per heavy atom. The zero-order valence-electron chi connectivity index (χ0n) is 11.2. The maximum atomic E-state index is 12.8. The summed E-state index contributed by atoms with van der Waals surface area (Å²) >= 11 is 0. The van der Waals surface area contributed by atoms with E-state index in [1.54, 1.807) is 35.2 Å². The van der Waals surface area contributed by atoms with Crippen molar-refractivity contribution in [3.05, 3.63) is 35.9 Å². The molecule has 0 spiro atoms. The number of alkyl halides is 3. The Balaban J connectivity index is 2.10. The quantitative estimate of drug-likeness (QED) is 0.867. The highest BCUT2D eigenvalue weighted by Gasteiger charge is 2.55. The third-order valence-corrected chi connectivity index (χ3v) is 3.75. The van der Waals surface area contributed by atoms with Crippen LogP contribution in [0.4, 0.5) is 13.2 Å². The number of carbonyl (C=O) groups excluding carboxylic acids is 1. The van der Waals surface area contributed by atoms with E-state index >= 15 is 0 Å². The number of nitrogens with zero attached hydrogens (tertiary/aromatic N) is 1. The van der Waals surface area contributed by atoms with E-state index in [1.165, 1.54) is 0 Å². The number of ether oxygens (including phenoxy) is 1. The third kappa shape index (κ3) is 3.36. The van der Waals surface area contributed by atoms with Crippen molar-refractivity contribution in [2.45, 2.75) is 30.8 Å². The van der Waals surface area contributed by atoms with Crippen molar-refractivity contribution in [2.75, 3.05) is 13.1 Å². The molecule has 2 rings (SSSR count). The van der Waals surface area contributed by atoms with Gasteiger partial charge in [-0.05, 0) is 12.8 Å². The SMILES string of the molecule is O=COC(c1ccccc1)N1CCC(O)(C(F)(F)F)CC1. The molecule has 21 heavy (non-hydrogen) atoms. The lowest BCUT2D eigenvalue weighted by Crippen LogP contribution is -2.54. The van der Waals surface area contributed by atoms with Gasteiger partial charge in [0.15, 0.2) is 11.8 Å². The van der Waals surface area contributed by atoms with E-state index in [2.05, 4.69) is 0 Å². The van der Waals surface area contributed by atoms with Gasteiger partial charge >= 0.3 is 6.18 Å². The van der Waals surface area contributed by atoms with Crippen LogP contribution in [0, 0.1) is 0 Å². The number of carbonyl (C=O) groups is 1. The van der Waals surface area contributed by atoms with E-state index in [0.717, 1.165) is 0 Å². The van der Waals surface area contributed by atoms with E-state index in [-0.39, 0.29) is 19.6 Å². The maximum absolute atomic E-state index is 12.8. The first-order valence-electron chi connectivity index (χ1n) is 6.54. The van der Waals surface area contributed by atoms with E-state index in [0.29, 0.717) is 5.56 Å². The number of aliphatic hydroxyl groups is 1. The van der Waals surface area contributed by atoms with Gasteiger partial charge in [-0.2, -0.15) is 13.2 Å². The predicted molar refractivity (Wildman–Crippen MR) is 68.1 cm³/mol. The molecule has 1 aromatic rings. The third-order valence-electron chi connectivity index (χ3n) is 3.75. The topological polar surface area (TPSA) is 49.8 Å². The Morgan fingerprint density at radius 1 is 1.24 bits per heavy atom. The molecular weight excluding hydrogens is 287 g/mol. The van der Waals surface area contributed by atoms with Gasteiger partial charge in [0, 0.05) is 18.7 Å². The van der Waals surface area contributed by atoms with Crippen LogP contribution in [-0.2, 0) is 9.53 Å². The summed E-state index contributed by atoms with van der Waals surface area (Å²) < 4.78 is 43.3. The van der Waals surface area contributed by atoms with Crippen molar-refractivity contribution in [3.8, 4) is 0 Å². The van der Waals surface area contributed by atoms with Crippen LogP contribution in [-0.4, -0.2) is 41.3 Å². The van der Waals surface area contributed by atoms with Crippen molar-refractivity contribution in [1.82, 2.24) is 4.90 Å². The monoisotopic (exact) mass is 303 g/mol. The van der Waals surface area contributed by atoms with Crippen LogP contribution in [0.25, 0.3) is 0 Å². The molecule has 0 aliphatic carbocycles. The van der Waals surface area contributed by atoms with Crippen molar-refractivity contribution >= 4 is 6.47 Å². The number of halogens is 3. The second-order valence-corrected chi connectivity index (χ2v) is 5.06. The highest BCUT2D eigenvalue weighted by Crippen LogP contribution is 2.40. The fourth-order valence-corrected chi connectivity index (χ4v) is 2.46. The van der Waals surface area contributed by atoms with E-state index < -0.39 is 30.8 Å². The Bertz CT molecular complexity index is 470. The number of rotatable bonds is 4. The van der Waals surface area contributed by atoms with Crippen molar-refractivity contribution in [1.29, 1.82) is 0 Å². The van der Waals surface area contributed by atoms with Gasteiger partial charge in [-0.15, -0.1) is 0 Å². The molecular formula is C14H16F3NO3. The lowest BCUT2D eigenvalue weighted by atomic mass is 9.90. The smallest absolute Gasteiger partial charge is 0.417 e. The average Bonchev–Trinajstić information content (AvgIpc) is 2.46. The molecule has 116 valence electrons. The molecule has 1 aliphatic heterocycles. The fraction of sp³-hybridized carbons (Fsp3) is 0.500. The zero-order valence-corrected chi connectivity index (χ0v) is 11.2. The van der Waals surface area contributed by atoms with Gasteiger partial charge in [0.2, 0.25) is 0 Å². The molecule has 1 N–H and O–H groups in total. The van der Waals surface area contributed by atoms with Crippen LogP contribution in [0.1, 0.15) is 24.6 Å². The first kappa shape index (κ1) is 15.8. The van der Waals surface area contributed by atoms with Crippen LogP contribution >= 0.6 is 0 Å². The summed E-state index contributed by atoms with van der Waals surface area (Å²) in [5.74, 6) is 0. The summed E-state index contributed by atoms with van der Waals surface area (Å²) in [6, 6.07) is 8.77. The number of hydrogen-bond acceptors (Lipinski definition) is 4. The molecule has 1 aromatic carbocycles. The molecule has 0 amide bonds. The van der Waals surface area contributed by atoms with Crippen LogP contribution in [0.2, 0.25) is 0 Å². The Hall–Kier alpha value is -1.60. The molecule has 7 heteroatoms. The standard InChI is InChI=1S/C14H16F3NO3/c15-14(16,17)13(20)6-8-18(9-7-13)12(21-10-19)11-4-2-1-3-5-11/h1-5,10,12,20H,6-9H2. The van der Waals surface area contributed by atoms with Gasteiger partial charge < -0.3 is 9.84 Å². The molecule has 0 radical (unpaired) electrons. The summed E-state index contributed by atoms with van der Waals surface area (Å²) in [5, 5.41) is 9.65. The second-order valence-electron chi connectivity index (χ2n) is 5.06. The Labute approximate surface area is 120 Å². The molecule has 0 bridgehead atoms. The van der Waals surface area contributed by atoms with Crippen LogP contribution < -0.4 is 0 Å². The second kappa shape index (κ2) is 6.03. The first-order chi connectivity index (χ1) is 9.87. The fourth-order valence-electron chi connectivity index (χ4n) is 2.46. The minimum atomic E-state index is -4.65. The Kier molecular flexibility index (Phi) is 4.53. The van der Waals surface area contributed by atoms with E-state index in [4.69, 9.17) is 4.74 Å². The zero-order chi connectivity index (χ0) is 15.5. The minimum Gasteiger partial charge on any atom is -0.444 e. The van der Waals surface area contributed by atoms with Crippen molar-refractivity contribution < 1.29 is 27.8 Å². The molecule has 0 aromatic heterocycles. The lowest BCUT2D eigenvalue weighted by molar-refractivity contribution is -0.276. The molecule has 4 nitrogen and oxygen atoms in total. The average molecular weight is 303 g/mol. The van der Waals surface area contributed by atoms with E-state index in [1.807, 2.05) is 0 Å². The number of piperidine rings is 1. The van der Waals surface area contributed by atoms with Gasteiger partial charge in [0.05, 0.1) is 0 Å². The van der Waals surface area contributed by atoms with Gasteiger partial charge in [0.1, 0.15) is 0 Å². The summed E-state index contributed by atoms with van der Waals surface area (Å²) in [7, 11) is 0. The van der Waals surface area contributed by atoms with Gasteiger partial charge in [-0.3, -0.25) is 9.69 Å². The van der Waals surface area contributed by atoms with Gasteiger partial charge in [-0.25, -0.2) is 0 Å². The predicted octanol–water partition coefficient (Wildman–Crippen LogP) is 2.25. The van der Waals surface area contributed by atoms with Gasteiger partial charge in [-0.1, -0.05) is 30.3 Å². The number of benzene rings is 1. The largest absolute Gasteiger partial charge is 0.444 e. The molecule has 1 unspecified atom stereocenters. The highest BCUT2D eigenvalue weighted by molar-refractivity contribution is 5.38. The summed E-state index contributed by atoms with van der Waals surface area (Å²) in [6.07, 6.45) is -6.27. The minimum absolute atomic E-state index is 0.0105. The van der Waals surface area contributed by atoms with Crippen molar-refractivity contribution in [3.63, 3.8) is 0 Å².